The van der Waals surface area contributed by atoms with E-state index in [0.717, 1.165) is 56.0 Å². The number of hydrogen-bond donors (Lipinski definition) is 2. The van der Waals surface area contributed by atoms with E-state index in [-0.39, 0.29) is 6.61 Å². The Hall–Kier alpha value is -2.03. The van der Waals surface area contributed by atoms with Gasteiger partial charge in [-0.25, -0.2) is 0 Å². The summed E-state index contributed by atoms with van der Waals surface area (Å²) >= 11 is 0. The molecule has 0 radical (unpaired) electrons. The summed E-state index contributed by atoms with van der Waals surface area (Å²) in [5, 5.41) is 22.8. The Bertz CT molecular complexity index is 723. The van der Waals surface area contributed by atoms with Crippen molar-refractivity contribution in [3.8, 4) is 17.6 Å². The molecular weight excluding hydrogens is 352 g/mol. The first-order valence-electron chi connectivity index (χ1n) is 10.4. The second kappa shape index (κ2) is 10.5. The van der Waals surface area contributed by atoms with Crippen LogP contribution in [0.2, 0.25) is 0 Å². The fourth-order valence-electron chi connectivity index (χ4n) is 3.73. The van der Waals surface area contributed by atoms with Crippen molar-refractivity contribution in [1.82, 2.24) is 4.90 Å². The maximum Gasteiger partial charge on any atom is 0.124 e. The molecule has 5 heteroatoms. The van der Waals surface area contributed by atoms with Gasteiger partial charge in [0.2, 0.25) is 0 Å². The molecule has 5 nitrogen and oxygen atoms in total. The maximum atomic E-state index is 9.70. The summed E-state index contributed by atoms with van der Waals surface area (Å²) in [5.41, 5.74) is 2.30. The summed E-state index contributed by atoms with van der Waals surface area (Å²) in [6, 6.07) is 5.72. The van der Waals surface area contributed by atoms with Gasteiger partial charge in [0.05, 0.1) is 25.5 Å². The van der Waals surface area contributed by atoms with Gasteiger partial charge in [0.25, 0.3) is 0 Å². The lowest BCUT2D eigenvalue weighted by Crippen LogP contribution is -2.34. The van der Waals surface area contributed by atoms with Gasteiger partial charge in [-0.15, -0.1) is 5.92 Å². The lowest BCUT2D eigenvalue weighted by Gasteiger charge is -2.30. The molecule has 0 unspecified atom stereocenters. The molecule has 1 aliphatic carbocycles. The number of aliphatic hydroxyl groups is 1. The Morgan fingerprint density at radius 3 is 2.64 bits per heavy atom. The summed E-state index contributed by atoms with van der Waals surface area (Å²) in [6.45, 7) is 5.57. The molecule has 0 spiro atoms. The summed E-state index contributed by atoms with van der Waals surface area (Å²) in [7, 11) is 0. The van der Waals surface area contributed by atoms with Crippen molar-refractivity contribution < 1.29 is 15.1 Å². The SMILES string of the molecule is CC#CCN1CCC(CC/C(=N/O)c2ccc(OCC3CC3)c(CO)c2)CC1. The first kappa shape index (κ1) is 20.7. The highest BCUT2D eigenvalue weighted by Crippen LogP contribution is 2.31. The standard InChI is InChI=1S/C23H32N2O3/c1-2-3-12-25-13-10-18(11-14-25)6-8-22(24-27)20-7-9-23(21(15-20)16-26)28-17-19-4-5-19/h7,9,15,18-19,26-27H,4-6,8,10-14,16-17H2,1H3/b24-22-. The van der Waals surface area contributed by atoms with Crippen molar-refractivity contribution in [2.75, 3.05) is 26.2 Å². The third-order valence-electron chi connectivity index (χ3n) is 5.83. The van der Waals surface area contributed by atoms with E-state index in [4.69, 9.17) is 4.74 Å². The van der Waals surface area contributed by atoms with Crippen LogP contribution in [0.25, 0.3) is 0 Å². The third kappa shape index (κ3) is 5.98. The monoisotopic (exact) mass is 384 g/mol. The van der Waals surface area contributed by atoms with Gasteiger partial charge in [0.15, 0.2) is 0 Å². The lowest BCUT2D eigenvalue weighted by molar-refractivity contribution is 0.198. The number of hydrogen-bond acceptors (Lipinski definition) is 5. The minimum Gasteiger partial charge on any atom is -0.493 e. The molecule has 1 aromatic carbocycles. The quantitative estimate of drug-likeness (QED) is 0.295. The van der Waals surface area contributed by atoms with Crippen LogP contribution in [0.5, 0.6) is 5.75 Å². The van der Waals surface area contributed by atoms with Gasteiger partial charge in [-0.2, -0.15) is 0 Å². The van der Waals surface area contributed by atoms with E-state index < -0.39 is 0 Å². The third-order valence-corrected chi connectivity index (χ3v) is 5.83. The van der Waals surface area contributed by atoms with E-state index >= 15 is 0 Å². The van der Waals surface area contributed by atoms with E-state index in [9.17, 15) is 10.3 Å². The van der Waals surface area contributed by atoms with E-state index in [0.29, 0.717) is 17.5 Å². The highest BCUT2D eigenvalue weighted by Gasteiger charge is 2.23. The van der Waals surface area contributed by atoms with E-state index in [1.54, 1.807) is 0 Å². The Balaban J connectivity index is 1.52. The molecule has 2 aliphatic rings. The number of likely N-dealkylation sites (tertiary alicyclic amines) is 1. The summed E-state index contributed by atoms with van der Waals surface area (Å²) in [5.74, 6) is 8.16. The number of oxime groups is 1. The number of rotatable bonds is 9. The van der Waals surface area contributed by atoms with Crippen molar-refractivity contribution in [1.29, 1.82) is 0 Å². The Kier molecular flexibility index (Phi) is 7.76. The van der Waals surface area contributed by atoms with Crippen molar-refractivity contribution in [2.24, 2.45) is 17.0 Å². The van der Waals surface area contributed by atoms with Crippen molar-refractivity contribution >= 4 is 5.71 Å². The highest BCUT2D eigenvalue weighted by molar-refractivity contribution is 6.00. The van der Waals surface area contributed by atoms with Crippen LogP contribution in [0, 0.1) is 23.7 Å². The second-order valence-electron chi connectivity index (χ2n) is 7.97. The molecule has 0 amide bonds. The molecule has 1 saturated heterocycles. The zero-order valence-corrected chi connectivity index (χ0v) is 16.9. The average Bonchev–Trinajstić information content (AvgIpc) is 3.57. The molecule has 2 N–H and O–H groups in total. The first-order chi connectivity index (χ1) is 13.7. The Morgan fingerprint density at radius 2 is 2.00 bits per heavy atom. The van der Waals surface area contributed by atoms with Crippen LogP contribution in [0.3, 0.4) is 0 Å². The van der Waals surface area contributed by atoms with Crippen LogP contribution in [-0.2, 0) is 6.61 Å². The van der Waals surface area contributed by atoms with Crippen molar-refractivity contribution in [3.05, 3.63) is 29.3 Å². The minimum atomic E-state index is -0.0777. The number of nitrogens with zero attached hydrogens (tertiary/aromatic N) is 2. The smallest absolute Gasteiger partial charge is 0.124 e. The molecule has 0 aromatic heterocycles. The average molecular weight is 385 g/mol. The molecule has 1 aliphatic heterocycles. The largest absolute Gasteiger partial charge is 0.493 e. The van der Waals surface area contributed by atoms with Gasteiger partial charge in [-0.05, 0) is 94.1 Å². The van der Waals surface area contributed by atoms with Crippen LogP contribution < -0.4 is 4.74 Å². The van der Waals surface area contributed by atoms with Gasteiger partial charge in [0, 0.05) is 5.56 Å². The molecule has 0 bridgehead atoms. The minimum absolute atomic E-state index is 0.0777. The Morgan fingerprint density at radius 1 is 1.21 bits per heavy atom. The molecule has 1 heterocycles. The molecule has 0 atom stereocenters. The number of ether oxygens (including phenoxy) is 1. The molecule has 152 valence electrons. The van der Waals surface area contributed by atoms with Crippen LogP contribution in [0.4, 0.5) is 0 Å². The predicted molar refractivity (Wildman–Crippen MR) is 111 cm³/mol. The fraction of sp³-hybridized carbons (Fsp3) is 0.609. The van der Waals surface area contributed by atoms with Crippen LogP contribution in [-0.4, -0.2) is 47.2 Å². The van der Waals surface area contributed by atoms with Crippen LogP contribution in [0.15, 0.2) is 23.4 Å². The van der Waals surface area contributed by atoms with Crippen LogP contribution >= 0.6 is 0 Å². The molecular formula is C23H32N2O3. The van der Waals surface area contributed by atoms with Gasteiger partial charge >= 0.3 is 0 Å². The van der Waals surface area contributed by atoms with Crippen molar-refractivity contribution in [2.45, 2.75) is 52.1 Å². The molecule has 3 rings (SSSR count). The number of piperidine rings is 1. The number of aliphatic hydroxyl groups excluding tert-OH is 1. The van der Waals surface area contributed by atoms with Gasteiger partial charge in [-0.1, -0.05) is 11.1 Å². The normalized spacial score (nSPS) is 18.6. The van der Waals surface area contributed by atoms with Gasteiger partial charge in [-0.3, -0.25) is 4.90 Å². The zero-order valence-electron chi connectivity index (χ0n) is 16.9. The summed E-state index contributed by atoms with van der Waals surface area (Å²) < 4.78 is 5.84. The molecule has 28 heavy (non-hydrogen) atoms. The van der Waals surface area contributed by atoms with E-state index in [1.165, 1.54) is 25.7 Å². The van der Waals surface area contributed by atoms with Gasteiger partial charge < -0.3 is 15.1 Å². The van der Waals surface area contributed by atoms with Crippen LogP contribution in [0.1, 0.15) is 56.6 Å². The topological polar surface area (TPSA) is 65.3 Å². The first-order valence-corrected chi connectivity index (χ1v) is 10.4. The molecule has 1 aromatic rings. The van der Waals surface area contributed by atoms with Gasteiger partial charge in [0.1, 0.15) is 5.75 Å². The number of benzene rings is 1. The van der Waals surface area contributed by atoms with Crippen molar-refractivity contribution in [3.63, 3.8) is 0 Å². The summed E-state index contributed by atoms with van der Waals surface area (Å²) in [4.78, 5) is 2.40. The Labute approximate surface area is 168 Å². The molecule has 2 fully saturated rings. The van der Waals surface area contributed by atoms with E-state index in [2.05, 4.69) is 21.9 Å². The fourth-order valence-corrected chi connectivity index (χ4v) is 3.73. The predicted octanol–water partition coefficient (Wildman–Crippen LogP) is 3.66. The zero-order chi connectivity index (χ0) is 19.8. The highest BCUT2D eigenvalue weighted by atomic mass is 16.5. The maximum absolute atomic E-state index is 9.70. The molecule has 1 saturated carbocycles. The van der Waals surface area contributed by atoms with E-state index in [1.807, 2.05) is 25.1 Å². The second-order valence-corrected chi connectivity index (χ2v) is 7.97. The lowest BCUT2D eigenvalue weighted by atomic mass is 9.90. The summed E-state index contributed by atoms with van der Waals surface area (Å²) in [6.07, 6.45) is 6.56.